The Morgan fingerprint density at radius 2 is 2.38 bits per heavy atom. The highest BCUT2D eigenvalue weighted by Crippen LogP contribution is 2.07. The van der Waals surface area contributed by atoms with Gasteiger partial charge in [-0.15, -0.1) is 0 Å². The van der Waals surface area contributed by atoms with E-state index in [-0.39, 0.29) is 0 Å². The van der Waals surface area contributed by atoms with Crippen LogP contribution < -0.4 is 0 Å². The first kappa shape index (κ1) is 6.05. The number of likely N-dealkylation sites (N-methyl/N-ethyl adjacent to an activating group) is 1. The quantitative estimate of drug-likeness (QED) is 0.452. The van der Waals surface area contributed by atoms with E-state index in [2.05, 4.69) is 14.0 Å². The van der Waals surface area contributed by atoms with E-state index in [1.54, 1.807) is 0 Å². The van der Waals surface area contributed by atoms with Gasteiger partial charge in [-0.2, -0.15) is 0 Å². The summed E-state index contributed by atoms with van der Waals surface area (Å²) in [6, 6.07) is 0. The number of hydrogen-bond donors (Lipinski definition) is 0. The summed E-state index contributed by atoms with van der Waals surface area (Å²) in [4.78, 5) is 0. The van der Waals surface area contributed by atoms with Crippen LogP contribution in [-0.4, -0.2) is 38.0 Å². The maximum Gasteiger partial charge on any atom is 0.183 e. The Balaban J connectivity index is 2.40. The van der Waals surface area contributed by atoms with Crippen molar-refractivity contribution in [3.63, 3.8) is 0 Å². The van der Waals surface area contributed by atoms with Gasteiger partial charge in [-0.3, -0.25) is 0 Å². The topological polar surface area (TPSA) is 9.23 Å². The Morgan fingerprint density at radius 1 is 1.62 bits per heavy atom. The number of ether oxygens (including phenoxy) is 1. The largest absolute Gasteiger partial charge is 0.326 e. The van der Waals surface area contributed by atoms with Gasteiger partial charge >= 0.3 is 0 Å². The second kappa shape index (κ2) is 2.03. The number of rotatable bonds is 1. The molecular formula is C6H14NO+. The van der Waals surface area contributed by atoms with Gasteiger partial charge in [0.1, 0.15) is 13.2 Å². The molecule has 1 heterocycles. The van der Waals surface area contributed by atoms with Crippen molar-refractivity contribution in [2.45, 2.75) is 6.92 Å². The van der Waals surface area contributed by atoms with Crippen LogP contribution in [0.15, 0.2) is 0 Å². The molecule has 1 unspecified atom stereocenters. The van der Waals surface area contributed by atoms with Gasteiger partial charge in [-0.05, 0) is 6.92 Å². The highest BCUT2D eigenvalue weighted by molar-refractivity contribution is 4.37. The molecule has 0 N–H and O–H groups in total. The Kier molecular flexibility index (Phi) is 1.54. The average Bonchev–Trinajstić information content (AvgIpc) is 2.17. The van der Waals surface area contributed by atoms with Gasteiger partial charge in [-0.1, -0.05) is 0 Å². The molecular weight excluding hydrogens is 102 g/mol. The SMILES string of the molecule is CC[N+]1(C)CCOC1. The summed E-state index contributed by atoms with van der Waals surface area (Å²) in [5.74, 6) is 0. The summed E-state index contributed by atoms with van der Waals surface area (Å²) in [7, 11) is 2.23. The van der Waals surface area contributed by atoms with E-state index in [0.29, 0.717) is 0 Å². The van der Waals surface area contributed by atoms with Gasteiger partial charge in [0.2, 0.25) is 0 Å². The van der Waals surface area contributed by atoms with Crippen molar-refractivity contribution in [1.29, 1.82) is 0 Å². The van der Waals surface area contributed by atoms with Gasteiger partial charge in [-0.25, -0.2) is 0 Å². The molecule has 8 heavy (non-hydrogen) atoms. The van der Waals surface area contributed by atoms with Crippen molar-refractivity contribution in [3.8, 4) is 0 Å². The van der Waals surface area contributed by atoms with Crippen LogP contribution in [0.4, 0.5) is 0 Å². The van der Waals surface area contributed by atoms with E-state index >= 15 is 0 Å². The van der Waals surface area contributed by atoms with Crippen molar-refractivity contribution in [1.82, 2.24) is 0 Å². The summed E-state index contributed by atoms with van der Waals surface area (Å²) < 4.78 is 6.32. The number of nitrogens with zero attached hydrogens (tertiary/aromatic N) is 1. The molecule has 2 nitrogen and oxygen atoms in total. The van der Waals surface area contributed by atoms with Crippen molar-refractivity contribution in [2.24, 2.45) is 0 Å². The molecule has 1 aliphatic rings. The standard InChI is InChI=1S/C6H14NO/c1-3-7(2)4-5-8-6-7/h3-6H2,1-2H3/q+1. The molecule has 0 bridgehead atoms. The predicted molar refractivity (Wildman–Crippen MR) is 32.4 cm³/mol. The Bertz CT molecular complexity index is 76.6. The van der Waals surface area contributed by atoms with Crippen LogP contribution in [0.2, 0.25) is 0 Å². The third-order valence-electron chi connectivity index (χ3n) is 1.94. The van der Waals surface area contributed by atoms with E-state index < -0.39 is 0 Å². The van der Waals surface area contributed by atoms with Crippen LogP contribution in [0.25, 0.3) is 0 Å². The second-order valence-electron chi connectivity index (χ2n) is 2.70. The van der Waals surface area contributed by atoms with Crippen LogP contribution in [-0.2, 0) is 4.74 Å². The fourth-order valence-electron chi connectivity index (χ4n) is 0.884. The van der Waals surface area contributed by atoms with Crippen LogP contribution in [0, 0.1) is 0 Å². The lowest BCUT2D eigenvalue weighted by atomic mass is 10.5. The van der Waals surface area contributed by atoms with Crippen LogP contribution in [0.5, 0.6) is 0 Å². The molecule has 1 atom stereocenters. The minimum atomic E-state index is 0.913. The zero-order valence-corrected chi connectivity index (χ0v) is 5.68. The lowest BCUT2D eigenvalue weighted by Crippen LogP contribution is -2.40. The molecule has 1 fully saturated rings. The number of hydrogen-bond acceptors (Lipinski definition) is 1. The van der Waals surface area contributed by atoms with Gasteiger partial charge in [0.25, 0.3) is 0 Å². The normalized spacial score (nSPS) is 38.2. The van der Waals surface area contributed by atoms with E-state index in [4.69, 9.17) is 4.74 Å². The third kappa shape index (κ3) is 1.01. The lowest BCUT2D eigenvalue weighted by molar-refractivity contribution is -0.904. The van der Waals surface area contributed by atoms with Crippen molar-refractivity contribution in [2.75, 3.05) is 33.5 Å². The Morgan fingerprint density at radius 3 is 2.62 bits per heavy atom. The fourth-order valence-corrected chi connectivity index (χ4v) is 0.884. The maximum absolute atomic E-state index is 5.22. The molecule has 0 spiro atoms. The third-order valence-corrected chi connectivity index (χ3v) is 1.94. The fraction of sp³-hybridized carbons (Fsp3) is 1.00. The Labute approximate surface area is 50.6 Å². The van der Waals surface area contributed by atoms with Crippen LogP contribution in [0.3, 0.4) is 0 Å². The second-order valence-corrected chi connectivity index (χ2v) is 2.70. The molecule has 1 aliphatic heterocycles. The lowest BCUT2D eigenvalue weighted by Gasteiger charge is -2.24. The maximum atomic E-state index is 5.22. The molecule has 0 aromatic carbocycles. The highest BCUT2D eigenvalue weighted by Gasteiger charge is 2.24. The van der Waals surface area contributed by atoms with Crippen molar-refractivity contribution >= 4 is 0 Å². The molecule has 0 aromatic heterocycles. The summed E-state index contributed by atoms with van der Waals surface area (Å²) in [6.45, 7) is 6.45. The minimum absolute atomic E-state index is 0.913. The monoisotopic (exact) mass is 116 g/mol. The molecule has 0 amide bonds. The van der Waals surface area contributed by atoms with E-state index in [0.717, 1.165) is 17.8 Å². The first-order valence-electron chi connectivity index (χ1n) is 3.18. The van der Waals surface area contributed by atoms with Gasteiger partial charge in [0.05, 0.1) is 13.6 Å². The molecule has 0 saturated carbocycles. The molecule has 0 radical (unpaired) electrons. The van der Waals surface area contributed by atoms with Crippen LogP contribution in [0.1, 0.15) is 6.92 Å². The highest BCUT2D eigenvalue weighted by atomic mass is 16.5. The average molecular weight is 116 g/mol. The summed E-state index contributed by atoms with van der Waals surface area (Å²) >= 11 is 0. The van der Waals surface area contributed by atoms with E-state index in [1.807, 2.05) is 0 Å². The minimum Gasteiger partial charge on any atom is -0.326 e. The zero-order chi connectivity index (χ0) is 6.04. The smallest absolute Gasteiger partial charge is 0.183 e. The van der Waals surface area contributed by atoms with Crippen molar-refractivity contribution < 1.29 is 9.22 Å². The molecule has 1 saturated heterocycles. The summed E-state index contributed by atoms with van der Waals surface area (Å²) in [5.41, 5.74) is 0. The molecule has 2 heteroatoms. The Hall–Kier alpha value is -0.0800. The summed E-state index contributed by atoms with van der Waals surface area (Å²) in [5, 5.41) is 0. The molecule has 1 rings (SSSR count). The van der Waals surface area contributed by atoms with E-state index in [9.17, 15) is 0 Å². The van der Waals surface area contributed by atoms with E-state index in [1.165, 1.54) is 13.1 Å². The van der Waals surface area contributed by atoms with Gasteiger partial charge < -0.3 is 9.22 Å². The molecule has 48 valence electrons. The summed E-state index contributed by atoms with van der Waals surface area (Å²) in [6.07, 6.45) is 0. The molecule has 0 aromatic rings. The van der Waals surface area contributed by atoms with Crippen molar-refractivity contribution in [3.05, 3.63) is 0 Å². The zero-order valence-electron chi connectivity index (χ0n) is 5.68. The number of quaternary nitrogens is 1. The van der Waals surface area contributed by atoms with Gasteiger partial charge in [0.15, 0.2) is 6.73 Å². The predicted octanol–water partition coefficient (Wildman–Crippen LogP) is 0.441. The first-order chi connectivity index (χ1) is 3.77. The van der Waals surface area contributed by atoms with Crippen LogP contribution >= 0.6 is 0 Å². The molecule has 0 aliphatic carbocycles. The first-order valence-corrected chi connectivity index (χ1v) is 3.18. The van der Waals surface area contributed by atoms with Gasteiger partial charge in [0, 0.05) is 0 Å².